The Bertz CT molecular complexity index is 4080. The van der Waals surface area contributed by atoms with E-state index in [0.29, 0.717) is 0 Å². The predicted octanol–water partition coefficient (Wildman–Crippen LogP) is 20.0. The Morgan fingerprint density at radius 1 is 0.219 bits per heavy atom. The van der Waals surface area contributed by atoms with E-state index in [4.69, 9.17) is 4.42 Å². The van der Waals surface area contributed by atoms with E-state index in [2.05, 4.69) is 289 Å². The predicted molar refractivity (Wildman–Crippen MR) is 308 cm³/mol. The summed E-state index contributed by atoms with van der Waals surface area (Å²) in [5, 5.41) is 4.67. The van der Waals surface area contributed by atoms with Gasteiger partial charge in [-0.25, -0.2) is 0 Å². The van der Waals surface area contributed by atoms with Crippen molar-refractivity contribution in [3.8, 4) is 55.6 Å². The molecule has 3 nitrogen and oxygen atoms in total. The van der Waals surface area contributed by atoms with Crippen LogP contribution in [0.25, 0.3) is 88.3 Å². The minimum Gasteiger partial charge on any atom is -0.456 e. The quantitative estimate of drug-likeness (QED) is 0.129. The summed E-state index contributed by atoms with van der Waals surface area (Å²) in [4.78, 5) is 4.74. The van der Waals surface area contributed by atoms with Gasteiger partial charge < -0.3 is 14.2 Å². The average molecular weight is 933 g/mol. The Morgan fingerprint density at radius 3 is 1.32 bits per heavy atom. The maximum atomic E-state index is 6.50. The maximum Gasteiger partial charge on any atom is 0.137 e. The molecular weight excluding hydrogens is 885 g/mol. The van der Waals surface area contributed by atoms with Gasteiger partial charge in [-0.1, -0.05) is 206 Å². The van der Waals surface area contributed by atoms with E-state index in [1.165, 1.54) is 33.0 Å². The molecule has 0 radical (unpaired) electrons. The number of anilines is 6. The van der Waals surface area contributed by atoms with Gasteiger partial charge in [-0.3, -0.25) is 0 Å². The van der Waals surface area contributed by atoms with Crippen LogP contribution in [0.1, 0.15) is 0 Å². The van der Waals surface area contributed by atoms with E-state index < -0.39 is 0 Å². The van der Waals surface area contributed by atoms with Crippen molar-refractivity contribution in [2.75, 3.05) is 9.80 Å². The molecule has 344 valence electrons. The Labute approximate surface area is 425 Å². The fraction of sp³-hybridized carbons (Fsp3) is 0. The van der Waals surface area contributed by atoms with Crippen LogP contribution in [0.2, 0.25) is 0 Å². The molecule has 0 aliphatic rings. The number of hydrogen-bond acceptors (Lipinski definition) is 3. The van der Waals surface area contributed by atoms with Crippen molar-refractivity contribution in [1.82, 2.24) is 0 Å². The zero-order valence-electron chi connectivity index (χ0n) is 40.0. The minimum absolute atomic E-state index is 0.850. The molecule has 0 bridgehead atoms. The first-order valence-electron chi connectivity index (χ1n) is 24.9. The average Bonchev–Trinajstić information content (AvgIpc) is 3.84. The molecule has 3 heteroatoms. The van der Waals surface area contributed by atoms with Crippen molar-refractivity contribution in [3.05, 3.63) is 291 Å². The molecule has 1 aromatic heterocycles. The van der Waals surface area contributed by atoms with Gasteiger partial charge in [-0.15, -0.1) is 0 Å². The first-order valence-corrected chi connectivity index (χ1v) is 24.9. The van der Waals surface area contributed by atoms with Crippen LogP contribution in [-0.4, -0.2) is 0 Å². The van der Waals surface area contributed by atoms with E-state index in [1.54, 1.807) is 0 Å². The van der Waals surface area contributed by atoms with Crippen LogP contribution >= 0.6 is 0 Å². The van der Waals surface area contributed by atoms with Crippen molar-refractivity contribution in [3.63, 3.8) is 0 Å². The summed E-state index contributed by atoms with van der Waals surface area (Å²) >= 11 is 0. The molecule has 0 spiro atoms. The van der Waals surface area contributed by atoms with Crippen LogP contribution in [0.3, 0.4) is 0 Å². The molecule has 13 aromatic rings. The molecule has 0 unspecified atom stereocenters. The lowest BCUT2D eigenvalue weighted by molar-refractivity contribution is 0.669. The third kappa shape index (κ3) is 8.49. The highest BCUT2D eigenvalue weighted by Crippen LogP contribution is 2.45. The number of furan rings is 1. The molecule has 73 heavy (non-hydrogen) atoms. The fourth-order valence-electron chi connectivity index (χ4n) is 10.4. The first kappa shape index (κ1) is 43.3. The van der Waals surface area contributed by atoms with Gasteiger partial charge in [0.2, 0.25) is 0 Å². The van der Waals surface area contributed by atoms with Crippen molar-refractivity contribution >= 4 is 66.8 Å². The van der Waals surface area contributed by atoms with Crippen molar-refractivity contribution < 1.29 is 4.42 Å². The molecule has 0 saturated carbocycles. The topological polar surface area (TPSA) is 19.6 Å². The number of benzene rings is 12. The minimum atomic E-state index is 0.850. The van der Waals surface area contributed by atoms with E-state index in [-0.39, 0.29) is 0 Å². The Balaban J connectivity index is 0.912. The highest BCUT2D eigenvalue weighted by Gasteiger charge is 2.21. The number of nitrogens with zero attached hydrogens (tertiary/aromatic N) is 2. The highest BCUT2D eigenvalue weighted by atomic mass is 16.3. The maximum absolute atomic E-state index is 6.50. The molecule has 0 N–H and O–H groups in total. The molecule has 0 aliphatic heterocycles. The molecule has 0 fully saturated rings. The second-order valence-corrected chi connectivity index (χ2v) is 18.5. The van der Waals surface area contributed by atoms with Crippen molar-refractivity contribution in [2.24, 2.45) is 0 Å². The highest BCUT2D eigenvalue weighted by molar-refractivity contribution is 6.06. The molecule has 0 aliphatic carbocycles. The second kappa shape index (κ2) is 18.9. The summed E-state index contributed by atoms with van der Waals surface area (Å²) in [5.74, 6) is 0. The van der Waals surface area contributed by atoms with Crippen LogP contribution in [0.15, 0.2) is 296 Å². The number of para-hydroxylation sites is 2. The van der Waals surface area contributed by atoms with Crippen LogP contribution in [0, 0.1) is 0 Å². The van der Waals surface area contributed by atoms with E-state index in [9.17, 15) is 0 Å². The summed E-state index contributed by atoms with van der Waals surface area (Å²) in [5.41, 5.74) is 19.6. The summed E-state index contributed by atoms with van der Waals surface area (Å²) in [6, 6.07) is 105. The molecule has 0 amide bonds. The smallest absolute Gasteiger partial charge is 0.137 e. The largest absolute Gasteiger partial charge is 0.456 e. The van der Waals surface area contributed by atoms with Crippen LogP contribution in [0.5, 0.6) is 0 Å². The van der Waals surface area contributed by atoms with E-state index >= 15 is 0 Å². The molecule has 13 rings (SSSR count). The Morgan fingerprint density at radius 2 is 0.658 bits per heavy atom. The summed E-state index contributed by atoms with van der Waals surface area (Å²) in [6.07, 6.45) is 0. The lowest BCUT2D eigenvalue weighted by atomic mass is 9.99. The van der Waals surface area contributed by atoms with Gasteiger partial charge in [0, 0.05) is 50.8 Å². The van der Waals surface area contributed by atoms with Crippen LogP contribution in [-0.2, 0) is 0 Å². The lowest BCUT2D eigenvalue weighted by Gasteiger charge is -2.28. The van der Waals surface area contributed by atoms with Gasteiger partial charge in [0.1, 0.15) is 11.2 Å². The summed E-state index contributed by atoms with van der Waals surface area (Å²) in [7, 11) is 0. The molecule has 1 heterocycles. The fourth-order valence-corrected chi connectivity index (χ4v) is 10.4. The zero-order chi connectivity index (χ0) is 48.5. The van der Waals surface area contributed by atoms with Gasteiger partial charge in [-0.2, -0.15) is 0 Å². The standard InChI is InChI=1S/C70H48N2O/c1-3-16-49(17-4-1)51-32-34-52(35-33-51)53-38-40-60(41-39-53)71(62-26-14-24-58(46-62)59-37-36-50-18-7-8-21-55(50)44-59)61-25-13-22-56(45-61)57-23-15-27-63(47-57)72(68-30-11-9-28-65(68)54-19-5-2-6-20-54)64-42-43-67-66-29-10-12-31-69(66)73-70(67)48-64/h1-48H. The van der Waals surface area contributed by atoms with Gasteiger partial charge in [0.05, 0.1) is 5.69 Å². The van der Waals surface area contributed by atoms with Gasteiger partial charge in [-0.05, 0) is 140 Å². The molecule has 12 aromatic carbocycles. The molecule has 0 saturated heterocycles. The second-order valence-electron chi connectivity index (χ2n) is 18.5. The van der Waals surface area contributed by atoms with Gasteiger partial charge >= 0.3 is 0 Å². The zero-order valence-corrected chi connectivity index (χ0v) is 40.0. The number of hydrogen-bond donors (Lipinski definition) is 0. The van der Waals surface area contributed by atoms with Crippen LogP contribution < -0.4 is 9.80 Å². The molecule has 0 atom stereocenters. The van der Waals surface area contributed by atoms with Crippen molar-refractivity contribution in [2.45, 2.75) is 0 Å². The monoisotopic (exact) mass is 932 g/mol. The number of rotatable bonds is 11. The lowest BCUT2D eigenvalue weighted by Crippen LogP contribution is -2.11. The van der Waals surface area contributed by atoms with E-state index in [1.807, 2.05) is 12.1 Å². The Kier molecular flexibility index (Phi) is 11.2. The normalized spacial score (nSPS) is 11.3. The number of fused-ring (bicyclic) bond motifs is 4. The SMILES string of the molecule is c1ccc(-c2ccc(-c3ccc(N(c4cccc(-c5cccc(N(c6ccc7c(c6)oc6ccccc67)c6ccccc6-c6ccccc6)c5)c4)c4cccc(-c5ccc6ccccc6c5)c4)cc3)cc2)cc1. The van der Waals surface area contributed by atoms with Crippen LogP contribution in [0.4, 0.5) is 34.1 Å². The summed E-state index contributed by atoms with van der Waals surface area (Å²) < 4.78 is 6.50. The Hall–Kier alpha value is -9.70. The third-order valence-electron chi connectivity index (χ3n) is 14.0. The van der Waals surface area contributed by atoms with E-state index in [0.717, 1.165) is 89.4 Å². The van der Waals surface area contributed by atoms with Gasteiger partial charge in [0.25, 0.3) is 0 Å². The van der Waals surface area contributed by atoms with Crippen molar-refractivity contribution in [1.29, 1.82) is 0 Å². The summed E-state index contributed by atoms with van der Waals surface area (Å²) in [6.45, 7) is 0. The molecular formula is C70H48N2O. The van der Waals surface area contributed by atoms with Gasteiger partial charge in [0.15, 0.2) is 0 Å². The first-order chi connectivity index (χ1) is 36.2. The third-order valence-corrected chi connectivity index (χ3v) is 14.0.